The van der Waals surface area contributed by atoms with Crippen LogP contribution in [0, 0.1) is 5.82 Å². The summed E-state index contributed by atoms with van der Waals surface area (Å²) in [6.45, 7) is 6.23. The highest BCUT2D eigenvalue weighted by Crippen LogP contribution is 2.21. The van der Waals surface area contributed by atoms with Gasteiger partial charge in [0.2, 0.25) is 5.91 Å². The molecule has 3 aromatic rings. The van der Waals surface area contributed by atoms with E-state index in [1.54, 1.807) is 18.2 Å². The van der Waals surface area contributed by atoms with Crippen LogP contribution in [-0.4, -0.2) is 47.9 Å². The number of para-hydroxylation sites is 1. The van der Waals surface area contributed by atoms with E-state index in [1.165, 1.54) is 22.4 Å². The van der Waals surface area contributed by atoms with Crippen molar-refractivity contribution in [1.29, 1.82) is 0 Å². The van der Waals surface area contributed by atoms with Crippen LogP contribution >= 0.6 is 0 Å². The van der Waals surface area contributed by atoms with Gasteiger partial charge >= 0.3 is 0 Å². The molecule has 4 nitrogen and oxygen atoms in total. The van der Waals surface area contributed by atoms with E-state index in [2.05, 4.69) is 57.6 Å². The topological polar surface area (TPSA) is 35.6 Å². The maximum Gasteiger partial charge on any atom is 0.241 e. The summed E-state index contributed by atoms with van der Waals surface area (Å²) in [5.74, 6) is -0.578. The molecule has 1 fully saturated rings. The van der Waals surface area contributed by atoms with Gasteiger partial charge in [-0.25, -0.2) is 4.39 Å². The molecule has 1 saturated heterocycles. The van der Waals surface area contributed by atoms with Crippen molar-refractivity contribution >= 4 is 22.4 Å². The van der Waals surface area contributed by atoms with Crippen LogP contribution in [0.3, 0.4) is 0 Å². The van der Waals surface area contributed by atoms with Gasteiger partial charge in [0.1, 0.15) is 5.82 Å². The Hall–Kier alpha value is -2.76. The number of carbonyl (C=O) groups excluding carboxylic acids is 1. The Morgan fingerprint density at radius 3 is 2.45 bits per heavy atom. The zero-order valence-electron chi connectivity index (χ0n) is 16.6. The first-order valence-corrected chi connectivity index (χ1v) is 10.1. The first-order valence-electron chi connectivity index (χ1n) is 10.1. The van der Waals surface area contributed by atoms with Crippen LogP contribution in [0.5, 0.6) is 0 Å². The average Bonchev–Trinajstić information content (AvgIpc) is 2.75. The van der Waals surface area contributed by atoms with Crippen LogP contribution in [0.25, 0.3) is 10.8 Å². The number of fused-ring (bicyclic) bond motifs is 1. The lowest BCUT2D eigenvalue weighted by Gasteiger charge is -2.37. The summed E-state index contributed by atoms with van der Waals surface area (Å²) in [7, 11) is 0. The Kier molecular flexibility index (Phi) is 5.88. The molecule has 150 valence electrons. The summed E-state index contributed by atoms with van der Waals surface area (Å²) >= 11 is 0. The molecule has 0 radical (unpaired) electrons. The lowest BCUT2D eigenvalue weighted by atomic mass is 10.0. The summed E-state index contributed by atoms with van der Waals surface area (Å²) in [5.41, 5.74) is 1.57. The number of anilines is 1. The largest absolute Gasteiger partial charge is 0.322 e. The molecular formula is C24H26FN3O. The minimum Gasteiger partial charge on any atom is -0.322 e. The van der Waals surface area contributed by atoms with E-state index in [1.807, 2.05) is 6.92 Å². The number of halogens is 1. The average molecular weight is 391 g/mol. The number of carbonyl (C=O) groups is 1. The minimum absolute atomic E-state index is 0.169. The third-order valence-corrected chi connectivity index (χ3v) is 5.74. The summed E-state index contributed by atoms with van der Waals surface area (Å²) in [6.07, 6.45) is 0. The molecule has 0 spiro atoms. The van der Waals surface area contributed by atoms with Gasteiger partial charge in [-0.15, -0.1) is 0 Å². The quantitative estimate of drug-likeness (QED) is 0.711. The second-order valence-corrected chi connectivity index (χ2v) is 7.60. The number of piperazine rings is 1. The van der Waals surface area contributed by atoms with E-state index in [0.29, 0.717) is 0 Å². The lowest BCUT2D eigenvalue weighted by Crippen LogP contribution is -2.52. The van der Waals surface area contributed by atoms with Crippen molar-refractivity contribution in [3.05, 3.63) is 78.1 Å². The van der Waals surface area contributed by atoms with Crippen molar-refractivity contribution in [3.63, 3.8) is 0 Å². The molecule has 0 saturated carbocycles. The molecule has 0 unspecified atom stereocenters. The second-order valence-electron chi connectivity index (χ2n) is 7.60. The molecule has 0 bridgehead atoms. The Morgan fingerprint density at radius 1 is 0.966 bits per heavy atom. The van der Waals surface area contributed by atoms with Crippen LogP contribution in [0.15, 0.2) is 66.7 Å². The molecule has 0 aliphatic carbocycles. The molecule has 1 atom stereocenters. The number of hydrogen-bond donors (Lipinski definition) is 1. The first-order chi connectivity index (χ1) is 14.1. The number of rotatable bonds is 5. The molecule has 1 amide bonds. The summed E-state index contributed by atoms with van der Waals surface area (Å²) in [5, 5.41) is 5.28. The van der Waals surface area contributed by atoms with Gasteiger partial charge < -0.3 is 5.32 Å². The molecule has 29 heavy (non-hydrogen) atoms. The van der Waals surface area contributed by atoms with Crippen LogP contribution in [0.1, 0.15) is 12.5 Å². The fraction of sp³-hybridized carbons (Fsp3) is 0.292. The predicted octanol–water partition coefficient (Wildman–Crippen LogP) is 4.12. The van der Waals surface area contributed by atoms with Gasteiger partial charge in [-0.2, -0.15) is 0 Å². The van der Waals surface area contributed by atoms with Crippen LogP contribution in [0.2, 0.25) is 0 Å². The Bertz CT molecular complexity index is 993. The molecule has 1 heterocycles. The molecule has 1 aliphatic heterocycles. The van der Waals surface area contributed by atoms with Gasteiger partial charge in [0.15, 0.2) is 0 Å². The van der Waals surface area contributed by atoms with Gasteiger partial charge in [-0.1, -0.05) is 54.6 Å². The van der Waals surface area contributed by atoms with Crippen molar-refractivity contribution in [1.82, 2.24) is 9.80 Å². The Balaban J connectivity index is 1.34. The van der Waals surface area contributed by atoms with Crippen LogP contribution < -0.4 is 5.32 Å². The fourth-order valence-electron chi connectivity index (χ4n) is 3.95. The zero-order chi connectivity index (χ0) is 20.2. The molecule has 0 aromatic heterocycles. The van der Waals surface area contributed by atoms with Crippen molar-refractivity contribution < 1.29 is 9.18 Å². The molecule has 4 rings (SSSR count). The van der Waals surface area contributed by atoms with Gasteiger partial charge in [-0.3, -0.25) is 14.6 Å². The highest BCUT2D eigenvalue weighted by molar-refractivity contribution is 5.94. The monoisotopic (exact) mass is 391 g/mol. The minimum atomic E-state index is -0.409. The van der Waals surface area contributed by atoms with Gasteiger partial charge in [0.05, 0.1) is 11.7 Å². The standard InChI is InChI=1S/C24H26FN3O/c1-18(24(29)26-23-12-5-4-11-22(23)25)28-15-13-27(14-16-28)17-20-9-6-8-19-7-2-3-10-21(19)20/h2-12,18H,13-17H2,1H3,(H,26,29)/t18-/m1/s1. The van der Waals surface area contributed by atoms with E-state index in [0.717, 1.165) is 32.7 Å². The van der Waals surface area contributed by atoms with Gasteiger partial charge in [-0.05, 0) is 35.4 Å². The van der Waals surface area contributed by atoms with Gasteiger partial charge in [0, 0.05) is 32.7 Å². The van der Waals surface area contributed by atoms with E-state index in [-0.39, 0.29) is 17.6 Å². The number of amides is 1. The van der Waals surface area contributed by atoms with Crippen molar-refractivity contribution in [2.24, 2.45) is 0 Å². The second kappa shape index (κ2) is 8.72. The van der Waals surface area contributed by atoms with Crippen molar-refractivity contribution in [2.75, 3.05) is 31.5 Å². The molecular weight excluding hydrogens is 365 g/mol. The smallest absolute Gasteiger partial charge is 0.241 e. The number of hydrogen-bond acceptors (Lipinski definition) is 3. The summed E-state index contributed by atoms with van der Waals surface area (Å²) in [4.78, 5) is 17.1. The molecule has 3 aromatic carbocycles. The molecule has 1 N–H and O–H groups in total. The lowest BCUT2D eigenvalue weighted by molar-refractivity contribution is -0.121. The van der Waals surface area contributed by atoms with Crippen molar-refractivity contribution in [2.45, 2.75) is 19.5 Å². The maximum atomic E-state index is 13.8. The van der Waals surface area contributed by atoms with Crippen molar-refractivity contribution in [3.8, 4) is 0 Å². The number of nitrogens with zero attached hydrogens (tertiary/aromatic N) is 2. The molecule has 1 aliphatic rings. The summed E-state index contributed by atoms with van der Waals surface area (Å²) < 4.78 is 13.8. The fourth-order valence-corrected chi connectivity index (χ4v) is 3.95. The third kappa shape index (κ3) is 4.47. The third-order valence-electron chi connectivity index (χ3n) is 5.74. The van der Waals surface area contributed by atoms with E-state index < -0.39 is 5.82 Å². The highest BCUT2D eigenvalue weighted by atomic mass is 19.1. The maximum absolute atomic E-state index is 13.8. The van der Waals surface area contributed by atoms with Crippen LogP contribution in [0.4, 0.5) is 10.1 Å². The molecule has 5 heteroatoms. The van der Waals surface area contributed by atoms with Gasteiger partial charge in [0.25, 0.3) is 0 Å². The SMILES string of the molecule is C[C@H](C(=O)Nc1ccccc1F)N1CCN(Cc2cccc3ccccc23)CC1. The number of nitrogens with one attached hydrogen (secondary N) is 1. The van der Waals surface area contributed by atoms with Crippen LogP contribution in [-0.2, 0) is 11.3 Å². The predicted molar refractivity (Wildman–Crippen MR) is 115 cm³/mol. The van der Waals surface area contributed by atoms with E-state index in [4.69, 9.17) is 0 Å². The zero-order valence-corrected chi connectivity index (χ0v) is 16.6. The Labute approximate surface area is 170 Å². The van der Waals surface area contributed by atoms with E-state index in [9.17, 15) is 9.18 Å². The first kappa shape index (κ1) is 19.6. The number of benzene rings is 3. The Morgan fingerprint density at radius 2 is 1.66 bits per heavy atom. The van der Waals surface area contributed by atoms with E-state index >= 15 is 0 Å². The summed E-state index contributed by atoms with van der Waals surface area (Å²) in [6, 6.07) is 20.9. The highest BCUT2D eigenvalue weighted by Gasteiger charge is 2.26. The normalized spacial score (nSPS) is 16.6.